The average molecular weight is 367 g/mol. The topological polar surface area (TPSA) is 53.1 Å². The molecule has 0 atom stereocenters. The maximum atomic E-state index is 6.24. The SMILES string of the molecule is COc1cccc2c1nc(N)n2-c1cc(Cl)c(C)cc1Br. The van der Waals surface area contributed by atoms with Gasteiger partial charge < -0.3 is 10.5 Å². The lowest BCUT2D eigenvalue weighted by Gasteiger charge is -2.11. The number of ether oxygens (including phenoxy) is 1. The number of nitrogen functional groups attached to an aromatic ring is 1. The number of hydrogen-bond acceptors (Lipinski definition) is 3. The van der Waals surface area contributed by atoms with Crippen LogP contribution in [0, 0.1) is 6.92 Å². The normalized spacial score (nSPS) is 11.0. The number of nitrogens with two attached hydrogens (primary N) is 1. The summed E-state index contributed by atoms with van der Waals surface area (Å²) in [5.41, 5.74) is 9.53. The first-order valence-corrected chi connectivity index (χ1v) is 7.47. The minimum Gasteiger partial charge on any atom is -0.494 e. The van der Waals surface area contributed by atoms with Crippen molar-refractivity contribution in [3.8, 4) is 11.4 Å². The molecule has 3 rings (SSSR count). The summed E-state index contributed by atoms with van der Waals surface area (Å²) in [4.78, 5) is 4.41. The van der Waals surface area contributed by atoms with Crippen LogP contribution in [0.5, 0.6) is 5.75 Å². The maximum Gasteiger partial charge on any atom is 0.206 e. The summed E-state index contributed by atoms with van der Waals surface area (Å²) in [7, 11) is 1.61. The summed E-state index contributed by atoms with van der Waals surface area (Å²) in [5.74, 6) is 1.07. The summed E-state index contributed by atoms with van der Waals surface area (Å²) in [6, 6.07) is 9.54. The standard InChI is InChI=1S/C15H13BrClN3O/c1-8-6-9(16)12(7-10(8)17)20-11-4-3-5-13(21-2)14(11)19-15(20)18/h3-7H,1-2H3,(H2,18,19). The Kier molecular flexibility index (Phi) is 3.55. The molecule has 2 aromatic carbocycles. The predicted octanol–water partition coefficient (Wildman–Crippen LogP) is 4.34. The van der Waals surface area contributed by atoms with Gasteiger partial charge in [0.25, 0.3) is 0 Å². The van der Waals surface area contributed by atoms with Gasteiger partial charge in [0.2, 0.25) is 5.95 Å². The third-order valence-corrected chi connectivity index (χ3v) is 4.41. The van der Waals surface area contributed by atoms with Crippen LogP contribution >= 0.6 is 27.5 Å². The molecule has 2 N–H and O–H groups in total. The van der Waals surface area contributed by atoms with Gasteiger partial charge in [-0.1, -0.05) is 17.7 Å². The number of halogens is 2. The van der Waals surface area contributed by atoms with Crippen LogP contribution in [0.25, 0.3) is 16.7 Å². The number of rotatable bonds is 2. The number of fused-ring (bicyclic) bond motifs is 1. The van der Waals surface area contributed by atoms with Crippen molar-refractivity contribution in [1.29, 1.82) is 0 Å². The van der Waals surface area contributed by atoms with Gasteiger partial charge in [0.15, 0.2) is 0 Å². The molecule has 0 aliphatic carbocycles. The molecule has 1 aromatic heterocycles. The highest BCUT2D eigenvalue weighted by atomic mass is 79.9. The second-order valence-corrected chi connectivity index (χ2v) is 5.95. The van der Waals surface area contributed by atoms with Crippen LogP contribution in [0.3, 0.4) is 0 Å². The quantitative estimate of drug-likeness (QED) is 0.734. The minimum atomic E-state index is 0.384. The van der Waals surface area contributed by atoms with E-state index >= 15 is 0 Å². The molecular formula is C15H13BrClN3O. The smallest absolute Gasteiger partial charge is 0.206 e. The molecule has 6 heteroatoms. The van der Waals surface area contributed by atoms with Crippen LogP contribution in [0.15, 0.2) is 34.8 Å². The zero-order chi connectivity index (χ0) is 15.1. The number of nitrogens with zero attached hydrogens (tertiary/aromatic N) is 2. The summed E-state index contributed by atoms with van der Waals surface area (Å²) in [6.07, 6.45) is 0. The van der Waals surface area contributed by atoms with Crippen LogP contribution in [-0.2, 0) is 0 Å². The predicted molar refractivity (Wildman–Crippen MR) is 89.5 cm³/mol. The van der Waals surface area contributed by atoms with Gasteiger partial charge in [-0.2, -0.15) is 0 Å². The average Bonchev–Trinajstić information content (AvgIpc) is 2.79. The molecule has 0 saturated heterocycles. The highest BCUT2D eigenvalue weighted by Crippen LogP contribution is 2.34. The molecule has 0 bridgehead atoms. The van der Waals surface area contributed by atoms with E-state index in [1.165, 1.54) is 0 Å². The van der Waals surface area contributed by atoms with Crippen molar-refractivity contribution in [2.75, 3.05) is 12.8 Å². The zero-order valence-electron chi connectivity index (χ0n) is 11.5. The fourth-order valence-corrected chi connectivity index (χ4v) is 3.11. The Morgan fingerprint density at radius 3 is 2.81 bits per heavy atom. The summed E-state index contributed by atoms with van der Waals surface area (Å²) < 4.78 is 8.09. The fraction of sp³-hybridized carbons (Fsp3) is 0.133. The van der Waals surface area contributed by atoms with Gasteiger partial charge >= 0.3 is 0 Å². The fourth-order valence-electron chi connectivity index (χ4n) is 2.32. The molecular weight excluding hydrogens is 354 g/mol. The van der Waals surface area contributed by atoms with E-state index in [2.05, 4.69) is 20.9 Å². The van der Waals surface area contributed by atoms with Crippen molar-refractivity contribution in [1.82, 2.24) is 9.55 Å². The lowest BCUT2D eigenvalue weighted by Crippen LogP contribution is -2.02. The van der Waals surface area contributed by atoms with E-state index in [0.29, 0.717) is 16.7 Å². The van der Waals surface area contributed by atoms with Crippen LogP contribution < -0.4 is 10.5 Å². The van der Waals surface area contributed by atoms with Gasteiger partial charge in [-0.05, 0) is 52.7 Å². The van der Waals surface area contributed by atoms with E-state index in [-0.39, 0.29) is 0 Å². The highest BCUT2D eigenvalue weighted by molar-refractivity contribution is 9.10. The van der Waals surface area contributed by atoms with Gasteiger partial charge in [-0.25, -0.2) is 4.98 Å². The number of aryl methyl sites for hydroxylation is 1. The van der Waals surface area contributed by atoms with Crippen molar-refractivity contribution in [3.05, 3.63) is 45.4 Å². The van der Waals surface area contributed by atoms with Crippen LogP contribution in [0.2, 0.25) is 5.02 Å². The Bertz CT molecular complexity index is 845. The van der Waals surface area contributed by atoms with E-state index in [9.17, 15) is 0 Å². The van der Waals surface area contributed by atoms with Gasteiger partial charge in [0.1, 0.15) is 11.3 Å². The number of hydrogen-bond donors (Lipinski definition) is 1. The Hall–Kier alpha value is -1.72. The molecule has 0 amide bonds. The van der Waals surface area contributed by atoms with Crippen molar-refractivity contribution >= 4 is 44.5 Å². The molecule has 21 heavy (non-hydrogen) atoms. The molecule has 108 valence electrons. The molecule has 0 radical (unpaired) electrons. The Balaban J connectivity index is 2.36. The zero-order valence-corrected chi connectivity index (χ0v) is 13.9. The van der Waals surface area contributed by atoms with Crippen molar-refractivity contribution < 1.29 is 4.74 Å². The van der Waals surface area contributed by atoms with Gasteiger partial charge in [-0.3, -0.25) is 4.57 Å². The molecule has 0 aliphatic heterocycles. The maximum absolute atomic E-state index is 6.24. The van der Waals surface area contributed by atoms with E-state index in [0.717, 1.165) is 26.8 Å². The third kappa shape index (κ3) is 2.26. The number of benzene rings is 2. The Labute approximate surface area is 135 Å². The Morgan fingerprint density at radius 2 is 2.10 bits per heavy atom. The van der Waals surface area contributed by atoms with Crippen molar-refractivity contribution in [2.45, 2.75) is 6.92 Å². The van der Waals surface area contributed by atoms with E-state index in [1.54, 1.807) is 7.11 Å². The molecule has 0 spiro atoms. The van der Waals surface area contributed by atoms with Crippen molar-refractivity contribution in [3.63, 3.8) is 0 Å². The Morgan fingerprint density at radius 1 is 1.33 bits per heavy atom. The van der Waals surface area contributed by atoms with Crippen LogP contribution in [0.1, 0.15) is 5.56 Å². The molecule has 4 nitrogen and oxygen atoms in total. The third-order valence-electron chi connectivity index (χ3n) is 3.36. The summed E-state index contributed by atoms with van der Waals surface area (Å²) in [6.45, 7) is 1.95. The number of aromatic nitrogens is 2. The van der Waals surface area contributed by atoms with E-state index < -0.39 is 0 Å². The van der Waals surface area contributed by atoms with Crippen molar-refractivity contribution in [2.24, 2.45) is 0 Å². The molecule has 0 aliphatic rings. The lowest BCUT2D eigenvalue weighted by molar-refractivity contribution is 0.419. The van der Waals surface area contributed by atoms with E-state index in [4.69, 9.17) is 22.1 Å². The monoisotopic (exact) mass is 365 g/mol. The molecule has 0 saturated carbocycles. The first-order chi connectivity index (χ1) is 10.0. The van der Waals surface area contributed by atoms with E-state index in [1.807, 2.05) is 41.8 Å². The number of imidazole rings is 1. The molecule has 3 aromatic rings. The summed E-state index contributed by atoms with van der Waals surface area (Å²) >= 11 is 9.81. The highest BCUT2D eigenvalue weighted by Gasteiger charge is 2.16. The summed E-state index contributed by atoms with van der Waals surface area (Å²) in [5, 5.41) is 0.678. The largest absolute Gasteiger partial charge is 0.494 e. The second kappa shape index (κ2) is 5.24. The van der Waals surface area contributed by atoms with Gasteiger partial charge in [0, 0.05) is 9.50 Å². The minimum absolute atomic E-state index is 0.384. The number of methoxy groups -OCH3 is 1. The van der Waals surface area contributed by atoms with Gasteiger partial charge in [-0.15, -0.1) is 0 Å². The van der Waals surface area contributed by atoms with Crippen LogP contribution in [0.4, 0.5) is 5.95 Å². The number of anilines is 1. The molecule has 0 fully saturated rings. The second-order valence-electron chi connectivity index (χ2n) is 4.69. The van der Waals surface area contributed by atoms with Gasteiger partial charge in [0.05, 0.1) is 18.3 Å². The van der Waals surface area contributed by atoms with Crippen LogP contribution in [-0.4, -0.2) is 16.7 Å². The number of para-hydroxylation sites is 1. The first kappa shape index (κ1) is 14.2. The molecule has 0 unspecified atom stereocenters. The lowest BCUT2D eigenvalue weighted by atomic mass is 10.2. The molecule has 1 heterocycles. The first-order valence-electron chi connectivity index (χ1n) is 6.30.